The van der Waals surface area contributed by atoms with Crippen molar-refractivity contribution < 1.29 is 14.3 Å². The molecule has 4 N–H and O–H groups in total. The largest absolute Gasteiger partial charge is 0.495 e. The highest BCUT2D eigenvalue weighted by atomic mass is 35.5. The van der Waals surface area contributed by atoms with E-state index in [9.17, 15) is 9.59 Å². The molecule has 0 spiro atoms. The molecule has 0 aliphatic heterocycles. The lowest BCUT2D eigenvalue weighted by Crippen LogP contribution is -2.45. The Morgan fingerprint density at radius 2 is 2.00 bits per heavy atom. The maximum atomic E-state index is 12.4. The minimum atomic E-state index is -0.192. The predicted octanol–water partition coefficient (Wildman–Crippen LogP) is 2.90. The van der Waals surface area contributed by atoms with Crippen molar-refractivity contribution in [1.29, 1.82) is 0 Å². The second kappa shape index (κ2) is 9.13. The van der Waals surface area contributed by atoms with Crippen molar-refractivity contribution in [2.45, 2.75) is 38.6 Å². The van der Waals surface area contributed by atoms with Crippen molar-refractivity contribution in [2.75, 3.05) is 19.0 Å². The third kappa shape index (κ3) is 4.68. The molecule has 0 saturated heterocycles. The quantitative estimate of drug-likeness (QED) is 0.665. The minimum Gasteiger partial charge on any atom is -0.495 e. The summed E-state index contributed by atoms with van der Waals surface area (Å²) in [7, 11) is 1.52. The molecule has 4 atom stereocenters. The van der Waals surface area contributed by atoms with E-state index in [-0.39, 0.29) is 42.6 Å². The Balaban J connectivity index is 0.00000261. The molecule has 2 aliphatic carbocycles. The summed E-state index contributed by atoms with van der Waals surface area (Å²) in [5, 5.41) is 6.26. The van der Waals surface area contributed by atoms with Crippen LogP contribution in [0.3, 0.4) is 0 Å². The number of hydrogen-bond acceptors (Lipinski definition) is 4. The van der Waals surface area contributed by atoms with Gasteiger partial charge in [-0.15, -0.1) is 12.4 Å². The van der Waals surface area contributed by atoms with Crippen molar-refractivity contribution in [2.24, 2.45) is 23.5 Å². The number of rotatable bonds is 6. The highest BCUT2D eigenvalue weighted by Crippen LogP contribution is 2.47. The van der Waals surface area contributed by atoms with Gasteiger partial charge >= 0.3 is 0 Å². The van der Waals surface area contributed by atoms with Crippen molar-refractivity contribution >= 4 is 41.5 Å². The van der Waals surface area contributed by atoms with Crippen molar-refractivity contribution in [3.05, 3.63) is 22.7 Å². The van der Waals surface area contributed by atoms with Crippen LogP contribution in [0.25, 0.3) is 0 Å². The molecule has 1 aromatic carbocycles. The van der Waals surface area contributed by atoms with Gasteiger partial charge in [-0.25, -0.2) is 0 Å². The average molecular weight is 416 g/mol. The number of halogens is 2. The lowest BCUT2D eigenvalue weighted by molar-refractivity contribution is -0.127. The number of amides is 2. The number of methoxy groups -OCH3 is 1. The van der Waals surface area contributed by atoms with Gasteiger partial charge in [0.05, 0.1) is 18.7 Å². The Bertz CT molecular complexity index is 712. The second-order valence-electron chi connectivity index (χ2n) is 7.33. The minimum absolute atomic E-state index is 0. The SMILES string of the molecule is COc1cc(Cl)c(C)cc1NC(=O)CCNC(=O)C1C2CCC(C2)C1N.Cl. The Morgan fingerprint density at radius 1 is 1.30 bits per heavy atom. The van der Waals surface area contributed by atoms with Crippen LogP contribution in [0.2, 0.25) is 5.02 Å². The van der Waals surface area contributed by atoms with Gasteiger partial charge in [0.25, 0.3) is 0 Å². The second-order valence-corrected chi connectivity index (χ2v) is 7.73. The zero-order valence-corrected chi connectivity index (χ0v) is 17.2. The van der Waals surface area contributed by atoms with Gasteiger partial charge in [-0.3, -0.25) is 9.59 Å². The first-order chi connectivity index (χ1) is 12.4. The number of aryl methyl sites for hydroxylation is 1. The van der Waals surface area contributed by atoms with E-state index in [2.05, 4.69) is 10.6 Å². The molecule has 0 heterocycles. The summed E-state index contributed by atoms with van der Waals surface area (Å²) >= 11 is 6.07. The maximum absolute atomic E-state index is 12.4. The van der Waals surface area contributed by atoms with Crippen molar-refractivity contribution in [3.8, 4) is 5.75 Å². The molecule has 27 heavy (non-hydrogen) atoms. The molecular weight excluding hydrogens is 389 g/mol. The number of carbonyl (C=O) groups is 2. The molecule has 0 aromatic heterocycles. The Labute approximate surface area is 170 Å². The summed E-state index contributed by atoms with van der Waals surface area (Å²) in [6.07, 6.45) is 3.48. The molecule has 2 bridgehead atoms. The van der Waals surface area contributed by atoms with Gasteiger partial charge in [0.2, 0.25) is 11.8 Å². The normalized spacial score (nSPS) is 25.6. The number of carbonyl (C=O) groups excluding carboxylic acids is 2. The standard InChI is InChI=1S/C19H26ClN3O3.ClH/c1-10-7-14(15(26-2)9-13(10)20)23-16(24)5-6-22-19(25)17-11-3-4-12(8-11)18(17)21;/h7,9,11-12,17-18H,3-6,8,21H2,1-2H3,(H,22,25)(H,23,24);1H. The first kappa shape index (κ1) is 21.8. The number of fused-ring (bicyclic) bond motifs is 2. The lowest BCUT2D eigenvalue weighted by atomic mass is 9.84. The summed E-state index contributed by atoms with van der Waals surface area (Å²) in [4.78, 5) is 24.6. The van der Waals surface area contributed by atoms with E-state index in [0.29, 0.717) is 34.8 Å². The summed E-state index contributed by atoms with van der Waals surface area (Å²) in [5.41, 5.74) is 7.61. The molecule has 0 radical (unpaired) electrons. The van der Waals surface area contributed by atoms with Crippen LogP contribution in [-0.2, 0) is 9.59 Å². The Morgan fingerprint density at radius 3 is 2.63 bits per heavy atom. The number of nitrogens with one attached hydrogen (secondary N) is 2. The van der Waals surface area contributed by atoms with E-state index in [4.69, 9.17) is 22.1 Å². The van der Waals surface area contributed by atoms with Crippen LogP contribution in [-0.4, -0.2) is 31.5 Å². The fourth-order valence-corrected chi connectivity index (χ4v) is 4.44. The maximum Gasteiger partial charge on any atom is 0.226 e. The molecule has 2 aliphatic rings. The summed E-state index contributed by atoms with van der Waals surface area (Å²) < 4.78 is 5.25. The monoisotopic (exact) mass is 415 g/mol. The zero-order valence-electron chi connectivity index (χ0n) is 15.6. The molecule has 8 heteroatoms. The third-order valence-corrected chi connectivity index (χ3v) is 6.10. The third-order valence-electron chi connectivity index (χ3n) is 5.69. The lowest BCUT2D eigenvalue weighted by Gasteiger charge is -2.26. The van der Waals surface area contributed by atoms with E-state index >= 15 is 0 Å². The highest BCUT2D eigenvalue weighted by Gasteiger charge is 2.48. The first-order valence-electron chi connectivity index (χ1n) is 9.08. The van der Waals surface area contributed by atoms with Gasteiger partial charge in [0, 0.05) is 30.1 Å². The molecular formula is C19H27Cl2N3O3. The fraction of sp³-hybridized carbons (Fsp3) is 0.579. The van der Waals surface area contributed by atoms with E-state index in [1.165, 1.54) is 7.11 Å². The van der Waals surface area contributed by atoms with Crippen LogP contribution >= 0.6 is 24.0 Å². The molecule has 2 fully saturated rings. The molecule has 3 rings (SSSR count). The van der Waals surface area contributed by atoms with Crippen LogP contribution in [0.5, 0.6) is 5.75 Å². The van der Waals surface area contributed by atoms with Crippen molar-refractivity contribution in [1.82, 2.24) is 5.32 Å². The van der Waals surface area contributed by atoms with E-state index < -0.39 is 0 Å². The molecule has 2 amide bonds. The number of hydrogen-bond donors (Lipinski definition) is 3. The van der Waals surface area contributed by atoms with Crippen LogP contribution < -0.4 is 21.1 Å². The molecule has 6 nitrogen and oxygen atoms in total. The topological polar surface area (TPSA) is 93.5 Å². The van der Waals surface area contributed by atoms with Crippen LogP contribution in [0.1, 0.15) is 31.2 Å². The number of ether oxygens (including phenoxy) is 1. The zero-order chi connectivity index (χ0) is 18.8. The van der Waals surface area contributed by atoms with E-state index in [0.717, 1.165) is 24.8 Å². The number of anilines is 1. The van der Waals surface area contributed by atoms with E-state index in [1.807, 2.05) is 6.92 Å². The Hall–Kier alpha value is -1.50. The average Bonchev–Trinajstić information content (AvgIpc) is 3.18. The van der Waals surface area contributed by atoms with Gasteiger partial charge < -0.3 is 21.1 Å². The Kier molecular flexibility index (Phi) is 7.37. The molecule has 2 saturated carbocycles. The van der Waals surface area contributed by atoms with Crippen LogP contribution in [0.4, 0.5) is 5.69 Å². The smallest absolute Gasteiger partial charge is 0.226 e. The van der Waals surface area contributed by atoms with Crippen molar-refractivity contribution in [3.63, 3.8) is 0 Å². The molecule has 1 aromatic rings. The van der Waals surface area contributed by atoms with Gasteiger partial charge in [0.1, 0.15) is 5.75 Å². The molecule has 150 valence electrons. The predicted molar refractivity (Wildman–Crippen MR) is 109 cm³/mol. The van der Waals surface area contributed by atoms with E-state index in [1.54, 1.807) is 12.1 Å². The first-order valence-corrected chi connectivity index (χ1v) is 9.45. The van der Waals surface area contributed by atoms with Crippen LogP contribution in [0, 0.1) is 24.7 Å². The fourth-order valence-electron chi connectivity index (χ4n) is 4.28. The molecule has 4 unspecified atom stereocenters. The van der Waals surface area contributed by atoms with Gasteiger partial charge in [-0.05, 0) is 49.7 Å². The summed E-state index contributed by atoms with van der Waals surface area (Å²) in [6.45, 7) is 2.15. The summed E-state index contributed by atoms with van der Waals surface area (Å²) in [5.74, 6) is 1.09. The number of nitrogens with two attached hydrogens (primary N) is 1. The van der Waals surface area contributed by atoms with Gasteiger partial charge in [0.15, 0.2) is 0 Å². The summed E-state index contributed by atoms with van der Waals surface area (Å²) in [6, 6.07) is 3.40. The van der Waals surface area contributed by atoms with Gasteiger partial charge in [-0.2, -0.15) is 0 Å². The van der Waals surface area contributed by atoms with Crippen LogP contribution in [0.15, 0.2) is 12.1 Å². The highest BCUT2D eigenvalue weighted by molar-refractivity contribution is 6.31. The van der Waals surface area contributed by atoms with Gasteiger partial charge in [-0.1, -0.05) is 11.6 Å². The number of benzene rings is 1.